The first kappa shape index (κ1) is 11.0. The Kier molecular flexibility index (Phi) is 2.41. The maximum absolute atomic E-state index is 11.9. The van der Waals surface area contributed by atoms with Gasteiger partial charge in [0, 0.05) is 11.8 Å². The van der Waals surface area contributed by atoms with Gasteiger partial charge in [-0.2, -0.15) is 0 Å². The van der Waals surface area contributed by atoms with Crippen LogP contribution >= 0.6 is 0 Å². The number of nitrogens with two attached hydrogens (primary N) is 1. The van der Waals surface area contributed by atoms with Crippen molar-refractivity contribution in [2.75, 3.05) is 12.8 Å². The maximum Gasteiger partial charge on any atom is 0.143 e. The lowest BCUT2D eigenvalue weighted by Crippen LogP contribution is -2.34. The summed E-state index contributed by atoms with van der Waals surface area (Å²) in [5.74, 6) is 0.980. The van der Waals surface area contributed by atoms with E-state index >= 15 is 0 Å². The fourth-order valence-electron chi connectivity index (χ4n) is 2.31. The van der Waals surface area contributed by atoms with Crippen molar-refractivity contribution >= 4 is 11.5 Å². The van der Waals surface area contributed by atoms with E-state index in [1.54, 1.807) is 7.11 Å². The second kappa shape index (κ2) is 3.51. The molecule has 0 saturated heterocycles. The SMILES string of the molecule is COc1cc2c(cc1N)C(C)(C)C(=O)CC2. The number of hydrogen-bond donors (Lipinski definition) is 1. The van der Waals surface area contributed by atoms with Crippen LogP contribution in [0.4, 0.5) is 5.69 Å². The second-order valence-electron chi connectivity index (χ2n) is 4.80. The van der Waals surface area contributed by atoms with E-state index in [0.717, 1.165) is 12.0 Å². The van der Waals surface area contributed by atoms with Crippen LogP contribution in [0.1, 0.15) is 31.4 Å². The zero-order chi connectivity index (χ0) is 11.9. The molecular formula is C13H17NO2. The first-order chi connectivity index (χ1) is 7.46. The van der Waals surface area contributed by atoms with E-state index in [0.29, 0.717) is 17.9 Å². The third kappa shape index (κ3) is 1.47. The number of carbonyl (C=O) groups excluding carboxylic acids is 1. The van der Waals surface area contributed by atoms with Crippen LogP contribution in [-0.4, -0.2) is 12.9 Å². The van der Waals surface area contributed by atoms with Crippen LogP contribution in [-0.2, 0) is 16.6 Å². The topological polar surface area (TPSA) is 52.3 Å². The molecule has 0 aromatic heterocycles. The zero-order valence-corrected chi connectivity index (χ0v) is 9.96. The molecule has 1 aromatic carbocycles. The molecule has 0 radical (unpaired) electrons. The van der Waals surface area contributed by atoms with Crippen LogP contribution in [0.15, 0.2) is 12.1 Å². The Bertz CT molecular complexity index is 449. The minimum atomic E-state index is -0.423. The lowest BCUT2D eigenvalue weighted by atomic mass is 9.71. The van der Waals surface area contributed by atoms with Crippen LogP contribution in [0.25, 0.3) is 0 Å². The van der Waals surface area contributed by atoms with Crippen molar-refractivity contribution in [2.45, 2.75) is 32.1 Å². The second-order valence-corrected chi connectivity index (χ2v) is 4.80. The van der Waals surface area contributed by atoms with E-state index in [2.05, 4.69) is 0 Å². The molecule has 0 fully saturated rings. The van der Waals surface area contributed by atoms with Gasteiger partial charge in [0.1, 0.15) is 11.5 Å². The summed E-state index contributed by atoms with van der Waals surface area (Å²) in [5, 5.41) is 0. The Morgan fingerprint density at radius 3 is 2.62 bits per heavy atom. The smallest absolute Gasteiger partial charge is 0.143 e. The molecule has 1 aliphatic rings. The van der Waals surface area contributed by atoms with Crippen molar-refractivity contribution < 1.29 is 9.53 Å². The lowest BCUT2D eigenvalue weighted by molar-refractivity contribution is -0.124. The number of methoxy groups -OCH3 is 1. The highest BCUT2D eigenvalue weighted by Crippen LogP contribution is 2.38. The molecule has 0 saturated carbocycles. The Morgan fingerprint density at radius 2 is 2.00 bits per heavy atom. The summed E-state index contributed by atoms with van der Waals surface area (Å²) in [7, 11) is 1.61. The predicted molar refractivity (Wildman–Crippen MR) is 63.8 cm³/mol. The van der Waals surface area contributed by atoms with Gasteiger partial charge in [-0.05, 0) is 43.5 Å². The van der Waals surface area contributed by atoms with E-state index in [-0.39, 0.29) is 5.78 Å². The Balaban J connectivity index is 2.60. The average molecular weight is 219 g/mol. The minimum absolute atomic E-state index is 0.282. The zero-order valence-electron chi connectivity index (χ0n) is 9.96. The number of rotatable bonds is 1. The fourth-order valence-corrected chi connectivity index (χ4v) is 2.31. The first-order valence-electron chi connectivity index (χ1n) is 5.47. The van der Waals surface area contributed by atoms with Crippen molar-refractivity contribution in [2.24, 2.45) is 0 Å². The number of fused-ring (bicyclic) bond motifs is 1. The normalized spacial score (nSPS) is 18.1. The highest BCUT2D eigenvalue weighted by atomic mass is 16.5. The van der Waals surface area contributed by atoms with E-state index in [1.807, 2.05) is 26.0 Å². The Morgan fingerprint density at radius 1 is 1.31 bits per heavy atom. The average Bonchev–Trinajstić information content (AvgIpc) is 2.24. The van der Waals surface area contributed by atoms with Gasteiger partial charge in [0.2, 0.25) is 0 Å². The number of ether oxygens (including phenoxy) is 1. The molecule has 3 nitrogen and oxygen atoms in total. The van der Waals surface area contributed by atoms with Gasteiger partial charge in [0.05, 0.1) is 12.8 Å². The summed E-state index contributed by atoms with van der Waals surface area (Å²) >= 11 is 0. The van der Waals surface area contributed by atoms with Crippen molar-refractivity contribution in [1.82, 2.24) is 0 Å². The van der Waals surface area contributed by atoms with Gasteiger partial charge in [0.15, 0.2) is 0 Å². The summed E-state index contributed by atoms with van der Waals surface area (Å²) in [6.07, 6.45) is 1.39. The van der Waals surface area contributed by atoms with Crippen molar-refractivity contribution in [3.8, 4) is 5.75 Å². The maximum atomic E-state index is 11.9. The highest BCUT2D eigenvalue weighted by molar-refractivity contribution is 5.92. The fraction of sp³-hybridized carbons (Fsp3) is 0.462. The van der Waals surface area contributed by atoms with Gasteiger partial charge in [-0.25, -0.2) is 0 Å². The third-order valence-corrected chi connectivity index (χ3v) is 3.45. The highest BCUT2D eigenvalue weighted by Gasteiger charge is 2.35. The molecule has 2 N–H and O–H groups in total. The lowest BCUT2D eigenvalue weighted by Gasteiger charge is -2.31. The van der Waals surface area contributed by atoms with Gasteiger partial charge in [0.25, 0.3) is 0 Å². The Hall–Kier alpha value is -1.51. The molecule has 1 aromatic rings. The predicted octanol–water partition coefficient (Wildman–Crippen LogP) is 2.07. The van der Waals surface area contributed by atoms with Crippen LogP contribution < -0.4 is 10.5 Å². The molecule has 3 heteroatoms. The molecule has 1 aliphatic carbocycles. The number of carbonyl (C=O) groups is 1. The van der Waals surface area contributed by atoms with Crippen LogP contribution in [0, 0.1) is 0 Å². The molecule has 16 heavy (non-hydrogen) atoms. The number of ketones is 1. The molecule has 0 aliphatic heterocycles. The summed E-state index contributed by atoms with van der Waals surface area (Å²) < 4.78 is 5.20. The van der Waals surface area contributed by atoms with Crippen LogP contribution in [0.3, 0.4) is 0 Å². The standard InChI is InChI=1S/C13H17NO2/c1-13(2)9-7-10(14)11(16-3)6-8(9)4-5-12(13)15/h6-7H,4-5,14H2,1-3H3. The van der Waals surface area contributed by atoms with Crippen LogP contribution in [0.5, 0.6) is 5.75 Å². The summed E-state index contributed by atoms with van der Waals surface area (Å²) in [4.78, 5) is 11.9. The van der Waals surface area contributed by atoms with Gasteiger partial charge in [-0.3, -0.25) is 4.79 Å². The van der Waals surface area contributed by atoms with E-state index < -0.39 is 5.41 Å². The number of aryl methyl sites for hydroxylation is 1. The molecular weight excluding hydrogens is 202 g/mol. The number of anilines is 1. The molecule has 0 amide bonds. The largest absolute Gasteiger partial charge is 0.495 e. The molecule has 0 heterocycles. The van der Waals surface area contributed by atoms with Crippen LogP contribution in [0.2, 0.25) is 0 Å². The minimum Gasteiger partial charge on any atom is -0.495 e. The van der Waals surface area contributed by atoms with Crippen molar-refractivity contribution in [3.63, 3.8) is 0 Å². The molecule has 2 rings (SSSR count). The number of hydrogen-bond acceptors (Lipinski definition) is 3. The quantitative estimate of drug-likeness (QED) is 0.736. The molecule has 86 valence electrons. The number of benzene rings is 1. The van der Waals surface area contributed by atoms with Gasteiger partial charge in [-0.1, -0.05) is 0 Å². The number of nitrogen functional groups attached to an aromatic ring is 1. The Labute approximate surface area is 95.6 Å². The first-order valence-corrected chi connectivity index (χ1v) is 5.47. The van der Waals surface area contributed by atoms with Crippen molar-refractivity contribution in [3.05, 3.63) is 23.3 Å². The monoisotopic (exact) mass is 219 g/mol. The third-order valence-electron chi connectivity index (χ3n) is 3.45. The molecule has 0 atom stereocenters. The molecule has 0 spiro atoms. The molecule has 0 bridgehead atoms. The number of Topliss-reactive ketones (excluding diaryl/α,β-unsaturated/α-hetero) is 1. The van der Waals surface area contributed by atoms with E-state index in [4.69, 9.17) is 10.5 Å². The van der Waals surface area contributed by atoms with E-state index in [1.165, 1.54) is 5.56 Å². The van der Waals surface area contributed by atoms with E-state index in [9.17, 15) is 4.79 Å². The van der Waals surface area contributed by atoms with Crippen molar-refractivity contribution in [1.29, 1.82) is 0 Å². The summed E-state index contributed by atoms with van der Waals surface area (Å²) in [6, 6.07) is 3.84. The molecule has 0 unspecified atom stereocenters. The summed E-state index contributed by atoms with van der Waals surface area (Å²) in [5.41, 5.74) is 8.28. The van der Waals surface area contributed by atoms with Gasteiger partial charge in [-0.15, -0.1) is 0 Å². The summed E-state index contributed by atoms with van der Waals surface area (Å²) in [6.45, 7) is 3.92. The van der Waals surface area contributed by atoms with Gasteiger partial charge < -0.3 is 10.5 Å². The van der Waals surface area contributed by atoms with Gasteiger partial charge >= 0.3 is 0 Å².